The summed E-state index contributed by atoms with van der Waals surface area (Å²) in [5, 5.41) is 12.9. The zero-order chi connectivity index (χ0) is 15.6. The summed E-state index contributed by atoms with van der Waals surface area (Å²) < 4.78 is 8.21. The third-order valence-electron chi connectivity index (χ3n) is 3.30. The largest absolute Gasteiger partial charge is 0.464 e. The summed E-state index contributed by atoms with van der Waals surface area (Å²) in [5.41, 5.74) is 2.60. The molecule has 0 amide bonds. The van der Waals surface area contributed by atoms with E-state index >= 15 is 0 Å². The first-order valence-electron chi connectivity index (χ1n) is 6.75. The lowest BCUT2D eigenvalue weighted by molar-refractivity contribution is 0.0592. The van der Waals surface area contributed by atoms with Crippen LogP contribution in [0.4, 0.5) is 0 Å². The predicted octanol–water partition coefficient (Wildman–Crippen LogP) is 1.85. The molecule has 114 valence electrons. The van der Waals surface area contributed by atoms with Gasteiger partial charge in [-0.15, -0.1) is 5.10 Å². The van der Waals surface area contributed by atoms with Crippen molar-refractivity contribution in [1.29, 1.82) is 0 Å². The van der Waals surface area contributed by atoms with Gasteiger partial charge < -0.3 is 4.74 Å². The molecule has 0 aliphatic rings. The summed E-state index contributed by atoms with van der Waals surface area (Å²) in [4.78, 5) is 11.7. The number of esters is 1. The number of aryl methyl sites for hydroxylation is 2. The van der Waals surface area contributed by atoms with Crippen molar-refractivity contribution in [3.8, 4) is 0 Å². The summed E-state index contributed by atoms with van der Waals surface area (Å²) in [5.74, 6) is -0.482. The van der Waals surface area contributed by atoms with Crippen molar-refractivity contribution in [3.05, 3.63) is 27.8 Å². The van der Waals surface area contributed by atoms with Crippen molar-refractivity contribution in [2.24, 2.45) is 0 Å². The second-order valence-electron chi connectivity index (χ2n) is 4.55. The predicted molar refractivity (Wildman–Crippen MR) is 77.5 cm³/mol. The van der Waals surface area contributed by atoms with E-state index in [1.807, 2.05) is 25.5 Å². The Morgan fingerprint density at radius 3 is 2.57 bits per heavy atom. The van der Waals surface area contributed by atoms with Gasteiger partial charge in [-0.05, 0) is 20.3 Å². The Balaban J connectivity index is 2.41. The minimum Gasteiger partial charge on any atom is -0.464 e. The van der Waals surface area contributed by atoms with Gasteiger partial charge in [-0.25, -0.2) is 9.48 Å². The van der Waals surface area contributed by atoms with Gasteiger partial charge in [0.2, 0.25) is 0 Å². The van der Waals surface area contributed by atoms with Gasteiger partial charge in [0.1, 0.15) is 0 Å². The molecule has 8 heteroatoms. The van der Waals surface area contributed by atoms with Crippen LogP contribution in [0.15, 0.2) is 0 Å². The average Bonchev–Trinajstić information content (AvgIpc) is 3.02. The number of rotatable bonds is 5. The van der Waals surface area contributed by atoms with E-state index in [0.29, 0.717) is 24.5 Å². The van der Waals surface area contributed by atoms with E-state index in [2.05, 4.69) is 15.4 Å². The van der Waals surface area contributed by atoms with Gasteiger partial charge in [-0.1, -0.05) is 23.7 Å². The molecule has 0 fully saturated rings. The van der Waals surface area contributed by atoms with Crippen LogP contribution in [0.2, 0.25) is 5.02 Å². The van der Waals surface area contributed by atoms with Gasteiger partial charge in [0.25, 0.3) is 0 Å². The monoisotopic (exact) mass is 311 g/mol. The molecule has 0 radical (unpaired) electrons. The number of hydrogen-bond acceptors (Lipinski definition) is 5. The van der Waals surface area contributed by atoms with Gasteiger partial charge in [0.05, 0.1) is 35.8 Å². The quantitative estimate of drug-likeness (QED) is 0.788. The fraction of sp³-hybridized carbons (Fsp3) is 0.538. The maximum absolute atomic E-state index is 11.7. The standard InChI is InChI=1S/C13H18ClN5O2/c1-5-9-12(13(20)21-4)15-17-19(9)7-10-11(14)8(3)16-18(10)6-2/h5-7H2,1-4H3. The number of halogens is 1. The van der Waals surface area contributed by atoms with Crippen LogP contribution in [-0.4, -0.2) is 37.9 Å². The normalized spacial score (nSPS) is 10.9. The topological polar surface area (TPSA) is 74.8 Å². The average molecular weight is 312 g/mol. The molecular weight excluding hydrogens is 294 g/mol. The maximum atomic E-state index is 11.7. The molecule has 0 saturated carbocycles. The molecule has 0 atom stereocenters. The van der Waals surface area contributed by atoms with Crippen LogP contribution < -0.4 is 0 Å². The fourth-order valence-electron chi connectivity index (χ4n) is 2.23. The van der Waals surface area contributed by atoms with Crippen molar-refractivity contribution < 1.29 is 9.53 Å². The first-order valence-corrected chi connectivity index (χ1v) is 7.13. The summed E-state index contributed by atoms with van der Waals surface area (Å²) in [6.45, 7) is 6.92. The molecule has 0 aliphatic heterocycles. The number of hydrogen-bond donors (Lipinski definition) is 0. The molecule has 0 bridgehead atoms. The number of ether oxygens (including phenoxy) is 1. The first kappa shape index (κ1) is 15.5. The van der Waals surface area contributed by atoms with Gasteiger partial charge in [-0.2, -0.15) is 5.10 Å². The molecule has 0 saturated heterocycles. The number of aromatic nitrogens is 5. The van der Waals surface area contributed by atoms with Crippen LogP contribution in [0.3, 0.4) is 0 Å². The Hall–Kier alpha value is -1.89. The molecule has 2 heterocycles. The van der Waals surface area contributed by atoms with Crippen molar-refractivity contribution in [2.45, 2.75) is 40.3 Å². The SMILES string of the molecule is CCc1c(C(=O)OC)nnn1Cc1c(Cl)c(C)nn1CC. The second kappa shape index (κ2) is 6.26. The summed E-state index contributed by atoms with van der Waals surface area (Å²) >= 11 is 6.30. The molecule has 0 N–H and O–H groups in total. The second-order valence-corrected chi connectivity index (χ2v) is 4.93. The zero-order valence-corrected chi connectivity index (χ0v) is 13.3. The third kappa shape index (κ3) is 2.78. The Morgan fingerprint density at radius 2 is 2.00 bits per heavy atom. The van der Waals surface area contributed by atoms with Crippen molar-refractivity contribution in [1.82, 2.24) is 24.8 Å². The van der Waals surface area contributed by atoms with Crippen molar-refractivity contribution >= 4 is 17.6 Å². The highest BCUT2D eigenvalue weighted by Gasteiger charge is 2.21. The van der Waals surface area contributed by atoms with E-state index in [0.717, 1.165) is 17.1 Å². The molecule has 21 heavy (non-hydrogen) atoms. The van der Waals surface area contributed by atoms with Crippen LogP contribution >= 0.6 is 11.6 Å². The Bertz CT molecular complexity index is 662. The van der Waals surface area contributed by atoms with Gasteiger partial charge in [0.15, 0.2) is 5.69 Å². The van der Waals surface area contributed by atoms with E-state index in [-0.39, 0.29) is 5.69 Å². The summed E-state index contributed by atoms with van der Waals surface area (Å²) in [7, 11) is 1.33. The molecule has 2 aromatic rings. The number of carbonyl (C=O) groups is 1. The van der Waals surface area contributed by atoms with Crippen LogP contribution in [0.5, 0.6) is 0 Å². The molecule has 2 aromatic heterocycles. The zero-order valence-electron chi connectivity index (χ0n) is 12.6. The fourth-order valence-corrected chi connectivity index (χ4v) is 2.42. The van der Waals surface area contributed by atoms with Crippen LogP contribution in [-0.2, 0) is 24.2 Å². The van der Waals surface area contributed by atoms with Crippen LogP contribution in [0, 0.1) is 6.92 Å². The minimum atomic E-state index is -0.482. The van der Waals surface area contributed by atoms with Gasteiger partial charge >= 0.3 is 5.97 Å². The highest BCUT2D eigenvalue weighted by molar-refractivity contribution is 6.31. The molecule has 0 spiro atoms. The molecule has 0 aromatic carbocycles. The highest BCUT2D eigenvalue weighted by Crippen LogP contribution is 2.22. The number of nitrogens with zero attached hydrogens (tertiary/aromatic N) is 5. The lowest BCUT2D eigenvalue weighted by atomic mass is 10.2. The van der Waals surface area contributed by atoms with Gasteiger partial charge in [0, 0.05) is 6.54 Å². The van der Waals surface area contributed by atoms with Crippen molar-refractivity contribution in [3.63, 3.8) is 0 Å². The lowest BCUT2D eigenvalue weighted by Crippen LogP contribution is -2.13. The Labute approximate surface area is 127 Å². The van der Waals surface area contributed by atoms with E-state index in [4.69, 9.17) is 16.3 Å². The first-order chi connectivity index (χ1) is 10.0. The smallest absolute Gasteiger partial charge is 0.360 e. The van der Waals surface area contributed by atoms with Crippen molar-refractivity contribution in [2.75, 3.05) is 7.11 Å². The van der Waals surface area contributed by atoms with Crippen LogP contribution in [0.1, 0.15) is 41.4 Å². The highest BCUT2D eigenvalue weighted by atomic mass is 35.5. The molecule has 2 rings (SSSR count). The molecule has 7 nitrogen and oxygen atoms in total. The summed E-state index contributed by atoms with van der Waals surface area (Å²) in [6.07, 6.45) is 0.619. The van der Waals surface area contributed by atoms with Crippen LogP contribution in [0.25, 0.3) is 0 Å². The Morgan fingerprint density at radius 1 is 1.29 bits per heavy atom. The van der Waals surface area contributed by atoms with E-state index in [1.54, 1.807) is 4.68 Å². The molecule has 0 unspecified atom stereocenters. The van der Waals surface area contributed by atoms with Gasteiger partial charge in [-0.3, -0.25) is 4.68 Å². The number of methoxy groups -OCH3 is 1. The van der Waals surface area contributed by atoms with E-state index in [9.17, 15) is 4.79 Å². The number of carbonyl (C=O) groups excluding carboxylic acids is 1. The van der Waals surface area contributed by atoms with E-state index < -0.39 is 5.97 Å². The molecular formula is C13H18ClN5O2. The minimum absolute atomic E-state index is 0.246. The summed E-state index contributed by atoms with van der Waals surface area (Å²) in [6, 6.07) is 0. The third-order valence-corrected chi connectivity index (χ3v) is 3.80. The lowest BCUT2D eigenvalue weighted by Gasteiger charge is -2.08. The molecule has 0 aliphatic carbocycles. The maximum Gasteiger partial charge on any atom is 0.360 e. The van der Waals surface area contributed by atoms with E-state index in [1.165, 1.54) is 7.11 Å². The Kier molecular flexibility index (Phi) is 4.62.